The van der Waals surface area contributed by atoms with Gasteiger partial charge in [-0.2, -0.15) is 4.68 Å². The van der Waals surface area contributed by atoms with Gasteiger partial charge >= 0.3 is 0 Å². The topological polar surface area (TPSA) is 85.8 Å². The number of rotatable bonds is 5. The van der Waals surface area contributed by atoms with Crippen LogP contribution in [0.1, 0.15) is 35.8 Å². The molecule has 7 nitrogen and oxygen atoms in total. The van der Waals surface area contributed by atoms with E-state index in [9.17, 15) is 4.79 Å². The van der Waals surface area contributed by atoms with E-state index >= 15 is 0 Å². The standard InChI is InChI=1S/C24H21N5O2/c30-24(25-21-14-6-11-17-8-4-5-13-20(17)21)22(16-19-12-7-15-31-19)29-23(26-27-28-29)18-9-2-1-3-10-18/h1-5,7-10,12-13,15-16,21H,6,11,14H2,(H,25,30)/b22-16-/t21-/m0/s1. The second-order valence-electron chi connectivity index (χ2n) is 7.44. The lowest BCUT2D eigenvalue weighted by Crippen LogP contribution is -2.33. The Kier molecular flexibility index (Phi) is 5.14. The first-order valence-electron chi connectivity index (χ1n) is 10.3. The van der Waals surface area contributed by atoms with Gasteiger partial charge in [-0.3, -0.25) is 4.79 Å². The Morgan fingerprint density at radius 3 is 2.74 bits per heavy atom. The van der Waals surface area contributed by atoms with Crippen molar-refractivity contribution in [1.29, 1.82) is 0 Å². The summed E-state index contributed by atoms with van der Waals surface area (Å²) < 4.78 is 6.93. The highest BCUT2D eigenvalue weighted by atomic mass is 16.3. The van der Waals surface area contributed by atoms with E-state index in [0.29, 0.717) is 17.3 Å². The molecule has 2 heterocycles. The first-order chi connectivity index (χ1) is 15.3. The summed E-state index contributed by atoms with van der Waals surface area (Å²) in [6, 6.07) is 21.3. The van der Waals surface area contributed by atoms with E-state index in [1.807, 2.05) is 42.5 Å². The number of benzene rings is 2. The number of fused-ring (bicyclic) bond motifs is 1. The van der Waals surface area contributed by atoms with Crippen LogP contribution in [0.2, 0.25) is 0 Å². The summed E-state index contributed by atoms with van der Waals surface area (Å²) in [6.45, 7) is 0. The summed E-state index contributed by atoms with van der Waals surface area (Å²) >= 11 is 0. The third-order valence-corrected chi connectivity index (χ3v) is 5.46. The summed E-state index contributed by atoms with van der Waals surface area (Å²) in [5.74, 6) is 0.767. The van der Waals surface area contributed by atoms with Gasteiger partial charge in [-0.1, -0.05) is 54.6 Å². The van der Waals surface area contributed by atoms with Gasteiger partial charge in [0.2, 0.25) is 0 Å². The van der Waals surface area contributed by atoms with Crippen molar-refractivity contribution in [1.82, 2.24) is 25.5 Å². The molecule has 0 spiro atoms. The van der Waals surface area contributed by atoms with Crippen molar-refractivity contribution < 1.29 is 9.21 Å². The molecule has 1 aliphatic carbocycles. The van der Waals surface area contributed by atoms with Gasteiger partial charge in [-0.15, -0.1) is 5.10 Å². The van der Waals surface area contributed by atoms with Crippen molar-refractivity contribution >= 4 is 17.7 Å². The maximum Gasteiger partial charge on any atom is 0.270 e. The fourth-order valence-corrected chi connectivity index (χ4v) is 3.98. The van der Waals surface area contributed by atoms with Gasteiger partial charge in [-0.05, 0) is 52.9 Å². The maximum atomic E-state index is 13.5. The van der Waals surface area contributed by atoms with E-state index in [2.05, 4.69) is 33.0 Å². The zero-order valence-corrected chi connectivity index (χ0v) is 16.8. The number of nitrogens with zero attached hydrogens (tertiary/aromatic N) is 4. The number of hydrogen-bond acceptors (Lipinski definition) is 5. The summed E-state index contributed by atoms with van der Waals surface area (Å²) in [4.78, 5) is 13.5. The van der Waals surface area contributed by atoms with Crippen LogP contribution in [0.15, 0.2) is 77.4 Å². The largest absolute Gasteiger partial charge is 0.465 e. The van der Waals surface area contributed by atoms with E-state index in [0.717, 1.165) is 24.8 Å². The molecule has 2 aromatic heterocycles. The van der Waals surface area contributed by atoms with Crippen molar-refractivity contribution in [2.75, 3.05) is 0 Å². The van der Waals surface area contributed by atoms with Crippen LogP contribution in [-0.2, 0) is 11.2 Å². The van der Waals surface area contributed by atoms with Gasteiger partial charge in [-0.25, -0.2) is 0 Å². The van der Waals surface area contributed by atoms with Gasteiger partial charge in [0.15, 0.2) is 5.82 Å². The first kappa shape index (κ1) is 19.0. The van der Waals surface area contributed by atoms with Crippen molar-refractivity contribution in [3.05, 3.63) is 89.9 Å². The molecule has 0 saturated heterocycles. The molecule has 1 amide bonds. The van der Waals surface area contributed by atoms with Gasteiger partial charge in [0.05, 0.1) is 12.3 Å². The quantitative estimate of drug-likeness (QED) is 0.499. The van der Waals surface area contributed by atoms with Gasteiger partial charge in [0.1, 0.15) is 11.5 Å². The van der Waals surface area contributed by atoms with Crippen LogP contribution in [-0.4, -0.2) is 26.1 Å². The highest BCUT2D eigenvalue weighted by Crippen LogP contribution is 2.30. The molecule has 31 heavy (non-hydrogen) atoms. The fraction of sp³-hybridized carbons (Fsp3) is 0.167. The van der Waals surface area contributed by atoms with E-state index in [1.165, 1.54) is 15.8 Å². The molecule has 5 rings (SSSR count). The molecule has 4 aromatic rings. The predicted molar refractivity (Wildman–Crippen MR) is 116 cm³/mol. The van der Waals surface area contributed by atoms with Crippen LogP contribution >= 0.6 is 0 Å². The number of nitrogens with one attached hydrogen (secondary N) is 1. The summed E-state index contributed by atoms with van der Waals surface area (Å²) in [7, 11) is 0. The lowest BCUT2D eigenvalue weighted by molar-refractivity contribution is -0.116. The Bertz CT molecular complexity index is 1210. The predicted octanol–water partition coefficient (Wildman–Crippen LogP) is 4.13. The van der Waals surface area contributed by atoms with Crippen molar-refractivity contribution in [3.8, 4) is 11.4 Å². The van der Waals surface area contributed by atoms with Gasteiger partial charge in [0.25, 0.3) is 5.91 Å². The average Bonchev–Trinajstić information content (AvgIpc) is 3.50. The molecule has 2 aromatic carbocycles. The number of amides is 1. The van der Waals surface area contributed by atoms with Gasteiger partial charge < -0.3 is 9.73 Å². The minimum absolute atomic E-state index is 0.0610. The Morgan fingerprint density at radius 2 is 1.90 bits per heavy atom. The van der Waals surface area contributed by atoms with E-state index in [1.54, 1.807) is 24.5 Å². The zero-order chi connectivity index (χ0) is 21.0. The molecule has 1 aliphatic rings. The number of carbonyl (C=O) groups is 1. The molecule has 0 bridgehead atoms. The van der Waals surface area contributed by atoms with Gasteiger partial charge in [0, 0.05) is 11.6 Å². The van der Waals surface area contributed by atoms with Crippen LogP contribution in [0.3, 0.4) is 0 Å². The van der Waals surface area contributed by atoms with Crippen molar-refractivity contribution in [2.45, 2.75) is 25.3 Å². The number of furan rings is 1. The molecular formula is C24H21N5O2. The van der Waals surface area contributed by atoms with Crippen molar-refractivity contribution in [2.24, 2.45) is 0 Å². The normalized spacial score (nSPS) is 16.0. The van der Waals surface area contributed by atoms with E-state index in [4.69, 9.17) is 4.42 Å². The van der Waals surface area contributed by atoms with Crippen molar-refractivity contribution in [3.63, 3.8) is 0 Å². The molecule has 1 atom stereocenters. The van der Waals surface area contributed by atoms with Crippen LogP contribution in [0.5, 0.6) is 0 Å². The molecule has 0 aliphatic heterocycles. The fourth-order valence-electron chi connectivity index (χ4n) is 3.98. The first-order valence-corrected chi connectivity index (χ1v) is 10.3. The third-order valence-electron chi connectivity index (χ3n) is 5.46. The van der Waals surface area contributed by atoms with Crippen LogP contribution in [0.4, 0.5) is 0 Å². The molecule has 0 saturated carbocycles. The molecule has 0 fully saturated rings. The second kappa shape index (κ2) is 8.39. The Morgan fingerprint density at radius 1 is 1.06 bits per heavy atom. The SMILES string of the molecule is O=C(N[C@H]1CCCc2ccccc21)/C(=C/c1ccco1)n1nnnc1-c1ccccc1. The minimum Gasteiger partial charge on any atom is -0.465 e. The zero-order valence-electron chi connectivity index (χ0n) is 16.8. The minimum atomic E-state index is -0.261. The Balaban J connectivity index is 1.52. The maximum absolute atomic E-state index is 13.5. The number of aromatic nitrogens is 4. The van der Waals surface area contributed by atoms with E-state index in [-0.39, 0.29) is 11.9 Å². The Hall–Kier alpha value is -4.00. The van der Waals surface area contributed by atoms with Crippen LogP contribution in [0, 0.1) is 0 Å². The lowest BCUT2D eigenvalue weighted by atomic mass is 9.87. The molecule has 154 valence electrons. The smallest absolute Gasteiger partial charge is 0.270 e. The highest BCUT2D eigenvalue weighted by Gasteiger charge is 2.25. The third kappa shape index (κ3) is 3.90. The van der Waals surface area contributed by atoms with E-state index < -0.39 is 0 Å². The monoisotopic (exact) mass is 411 g/mol. The molecule has 1 N–H and O–H groups in total. The molecule has 7 heteroatoms. The molecule has 0 radical (unpaired) electrons. The number of aryl methyl sites for hydroxylation is 1. The lowest BCUT2D eigenvalue weighted by Gasteiger charge is -2.26. The molecule has 0 unspecified atom stereocenters. The summed E-state index contributed by atoms with van der Waals surface area (Å²) in [5, 5.41) is 15.3. The number of carbonyl (C=O) groups excluding carboxylic acids is 1. The second-order valence-corrected chi connectivity index (χ2v) is 7.44. The average molecular weight is 411 g/mol. The van der Waals surface area contributed by atoms with Crippen LogP contribution < -0.4 is 5.32 Å². The number of hydrogen-bond donors (Lipinski definition) is 1. The highest BCUT2D eigenvalue weighted by molar-refractivity contribution is 6.18. The summed E-state index contributed by atoms with van der Waals surface area (Å²) in [6.07, 6.45) is 6.17. The van der Waals surface area contributed by atoms with Crippen LogP contribution in [0.25, 0.3) is 23.2 Å². The number of tetrazole rings is 1. The molecular weight excluding hydrogens is 390 g/mol. The Labute approximate surface area is 179 Å². The summed E-state index contributed by atoms with van der Waals surface area (Å²) in [5.41, 5.74) is 3.55.